The van der Waals surface area contributed by atoms with E-state index in [2.05, 4.69) is 45.2 Å². The molecule has 5 rings (SSSR count). The summed E-state index contributed by atoms with van der Waals surface area (Å²) in [6.07, 6.45) is 3.37. The first-order chi connectivity index (χ1) is 18.2. The first kappa shape index (κ1) is 26.6. The number of aromatic hydroxyl groups is 4. The quantitative estimate of drug-likeness (QED) is 0.139. The predicted molar refractivity (Wildman–Crippen MR) is 165 cm³/mol. The third-order valence-electron chi connectivity index (χ3n) is 6.71. The lowest BCUT2D eigenvalue weighted by atomic mass is 9.77. The Balaban J connectivity index is 1.73. The molecule has 0 amide bonds. The molecule has 4 aromatic carbocycles. The van der Waals surface area contributed by atoms with Crippen LogP contribution in [0.1, 0.15) is 29.0 Å². The highest BCUT2D eigenvalue weighted by Gasteiger charge is 2.31. The van der Waals surface area contributed by atoms with E-state index in [1.807, 2.05) is 42.5 Å². The zero-order valence-corrected chi connectivity index (χ0v) is 24.3. The van der Waals surface area contributed by atoms with Crippen molar-refractivity contribution in [1.29, 1.82) is 0 Å². The van der Waals surface area contributed by atoms with Gasteiger partial charge < -0.3 is 25.5 Å². The Morgan fingerprint density at radius 3 is 1.95 bits per heavy atom. The van der Waals surface area contributed by atoms with Gasteiger partial charge in [-0.15, -0.1) is 0 Å². The molecule has 1 aliphatic rings. The molecule has 0 saturated heterocycles. The van der Waals surface area contributed by atoms with Gasteiger partial charge in [-0.25, -0.2) is 0 Å². The standard InChI is InChI=1S/C31H24I2O5/c32-21-15-26(31(38)27(33)16-21)30(24-13-19(5-11-28(24)36)17-1-7-22(34)8-2-17)25-14-20(6-12-29(25)37)18-3-9-23(35)10-4-18/h1-11,13-16,29-30,34-38H,12H2. The molecule has 5 N–H and O–H groups in total. The highest BCUT2D eigenvalue weighted by atomic mass is 127. The number of halogens is 2. The zero-order valence-electron chi connectivity index (χ0n) is 20.0. The summed E-state index contributed by atoms with van der Waals surface area (Å²) in [6, 6.07) is 22.7. The maximum Gasteiger partial charge on any atom is 0.133 e. The number of phenols is 4. The third-order valence-corrected chi connectivity index (χ3v) is 8.15. The molecule has 0 saturated carbocycles. The fourth-order valence-corrected chi connectivity index (χ4v) is 6.68. The highest BCUT2D eigenvalue weighted by Crippen LogP contribution is 2.47. The molecule has 192 valence electrons. The molecule has 5 nitrogen and oxygen atoms in total. The molecular weight excluding hydrogens is 706 g/mol. The van der Waals surface area contributed by atoms with E-state index in [1.165, 1.54) is 0 Å². The van der Waals surface area contributed by atoms with Gasteiger partial charge in [0.05, 0.1) is 9.67 Å². The molecule has 38 heavy (non-hydrogen) atoms. The van der Waals surface area contributed by atoms with Crippen molar-refractivity contribution in [1.82, 2.24) is 0 Å². The Kier molecular flexibility index (Phi) is 7.69. The maximum atomic E-state index is 11.3. The van der Waals surface area contributed by atoms with Crippen molar-refractivity contribution in [3.63, 3.8) is 0 Å². The lowest BCUT2D eigenvalue weighted by molar-refractivity contribution is 0.207. The fourth-order valence-electron chi connectivity index (χ4n) is 4.79. The van der Waals surface area contributed by atoms with E-state index in [4.69, 9.17) is 0 Å². The largest absolute Gasteiger partial charge is 0.508 e. The number of hydrogen-bond donors (Lipinski definition) is 5. The molecule has 0 bridgehead atoms. The molecular formula is C31H24I2O5. The maximum absolute atomic E-state index is 11.3. The molecule has 0 radical (unpaired) electrons. The van der Waals surface area contributed by atoms with Crippen molar-refractivity contribution < 1.29 is 25.5 Å². The average Bonchev–Trinajstić information content (AvgIpc) is 2.90. The number of benzene rings is 4. The van der Waals surface area contributed by atoms with Crippen molar-refractivity contribution in [2.24, 2.45) is 0 Å². The lowest BCUT2D eigenvalue weighted by Gasteiger charge is -2.30. The molecule has 0 heterocycles. The number of phenolic OH excluding ortho intramolecular Hbond substituents is 4. The number of allylic oxidation sites excluding steroid dienone is 2. The van der Waals surface area contributed by atoms with Crippen molar-refractivity contribution in [2.75, 3.05) is 0 Å². The normalized spacial score (nSPS) is 16.0. The van der Waals surface area contributed by atoms with Crippen LogP contribution < -0.4 is 0 Å². The van der Waals surface area contributed by atoms with Crippen LogP contribution in [0.2, 0.25) is 0 Å². The van der Waals surface area contributed by atoms with Crippen LogP contribution in [0.25, 0.3) is 16.7 Å². The molecule has 0 aliphatic heterocycles. The molecule has 2 unspecified atom stereocenters. The summed E-state index contributed by atoms with van der Waals surface area (Å²) in [5.74, 6) is -0.181. The van der Waals surface area contributed by atoms with Crippen LogP contribution in [-0.2, 0) is 0 Å². The van der Waals surface area contributed by atoms with Gasteiger partial charge in [0.15, 0.2) is 0 Å². The first-order valence-corrected chi connectivity index (χ1v) is 14.1. The zero-order chi connectivity index (χ0) is 27.0. The van der Waals surface area contributed by atoms with Gasteiger partial charge in [0.1, 0.15) is 23.0 Å². The Morgan fingerprint density at radius 2 is 1.29 bits per heavy atom. The SMILES string of the molecule is Oc1ccc(C2=CCC(O)C(C(c3cc(-c4ccc(O)cc4)ccc3O)c3cc(I)cc(I)c3O)=C2)cc1. The van der Waals surface area contributed by atoms with E-state index < -0.39 is 12.0 Å². The van der Waals surface area contributed by atoms with Gasteiger partial charge in [-0.3, -0.25) is 0 Å². The Bertz CT molecular complexity index is 1560. The van der Waals surface area contributed by atoms with Crippen LogP contribution >= 0.6 is 45.2 Å². The van der Waals surface area contributed by atoms with E-state index in [-0.39, 0.29) is 23.0 Å². The van der Waals surface area contributed by atoms with Crippen LogP contribution in [0.3, 0.4) is 0 Å². The number of aliphatic hydroxyl groups excluding tert-OH is 1. The number of hydrogen-bond acceptors (Lipinski definition) is 5. The van der Waals surface area contributed by atoms with E-state index in [1.54, 1.807) is 48.5 Å². The van der Waals surface area contributed by atoms with E-state index in [0.29, 0.717) is 26.7 Å². The molecule has 4 aromatic rings. The monoisotopic (exact) mass is 730 g/mol. The number of aliphatic hydroxyl groups is 1. The summed E-state index contributed by atoms with van der Waals surface area (Å²) >= 11 is 4.29. The van der Waals surface area contributed by atoms with Gasteiger partial charge in [-0.2, -0.15) is 0 Å². The molecule has 2 atom stereocenters. The van der Waals surface area contributed by atoms with Crippen LogP contribution in [0, 0.1) is 7.14 Å². The van der Waals surface area contributed by atoms with Crippen molar-refractivity contribution in [3.05, 3.63) is 120 Å². The Labute approximate surface area is 247 Å². The van der Waals surface area contributed by atoms with Crippen LogP contribution in [-0.4, -0.2) is 31.6 Å². The fraction of sp³-hybridized carbons (Fsp3) is 0.0968. The molecule has 1 aliphatic carbocycles. The highest BCUT2D eigenvalue weighted by molar-refractivity contribution is 14.1. The predicted octanol–water partition coefficient (Wildman–Crippen LogP) is 7.29. The lowest BCUT2D eigenvalue weighted by Crippen LogP contribution is -2.20. The van der Waals surface area contributed by atoms with Gasteiger partial charge in [0.25, 0.3) is 0 Å². The second kappa shape index (κ2) is 11.0. The summed E-state index contributed by atoms with van der Waals surface area (Å²) in [7, 11) is 0. The molecule has 0 spiro atoms. The third kappa shape index (κ3) is 5.41. The van der Waals surface area contributed by atoms with E-state index >= 15 is 0 Å². The van der Waals surface area contributed by atoms with Gasteiger partial charge in [-0.05, 0) is 128 Å². The summed E-state index contributed by atoms with van der Waals surface area (Å²) in [5, 5.41) is 53.1. The van der Waals surface area contributed by atoms with Crippen LogP contribution in [0.5, 0.6) is 23.0 Å². The van der Waals surface area contributed by atoms with Gasteiger partial charge in [-0.1, -0.05) is 42.5 Å². The van der Waals surface area contributed by atoms with Crippen molar-refractivity contribution >= 4 is 50.8 Å². The summed E-state index contributed by atoms with van der Waals surface area (Å²) in [5.41, 5.74) is 5.20. The minimum absolute atomic E-state index is 0.0413. The van der Waals surface area contributed by atoms with Gasteiger partial charge >= 0.3 is 0 Å². The van der Waals surface area contributed by atoms with E-state index in [9.17, 15) is 25.5 Å². The number of rotatable bonds is 5. The van der Waals surface area contributed by atoms with Crippen molar-refractivity contribution in [2.45, 2.75) is 18.4 Å². The van der Waals surface area contributed by atoms with Crippen LogP contribution in [0.15, 0.2) is 96.6 Å². The molecule has 7 heteroatoms. The second-order valence-corrected chi connectivity index (χ2v) is 11.6. The van der Waals surface area contributed by atoms with E-state index in [0.717, 1.165) is 25.8 Å². The van der Waals surface area contributed by atoms with Gasteiger partial charge in [0.2, 0.25) is 0 Å². The second-order valence-electron chi connectivity index (χ2n) is 9.18. The smallest absolute Gasteiger partial charge is 0.133 e. The summed E-state index contributed by atoms with van der Waals surface area (Å²) < 4.78 is 1.59. The minimum atomic E-state index is -0.840. The molecule has 0 aromatic heterocycles. The Morgan fingerprint density at radius 1 is 0.684 bits per heavy atom. The summed E-state index contributed by atoms with van der Waals surface area (Å²) in [6.45, 7) is 0. The van der Waals surface area contributed by atoms with Crippen molar-refractivity contribution in [3.8, 4) is 34.1 Å². The average molecular weight is 730 g/mol. The van der Waals surface area contributed by atoms with Gasteiger partial charge in [0, 0.05) is 20.6 Å². The Hall–Kier alpha value is -3.02. The molecule has 0 fully saturated rings. The summed E-state index contributed by atoms with van der Waals surface area (Å²) in [4.78, 5) is 0. The minimum Gasteiger partial charge on any atom is -0.508 e. The topological polar surface area (TPSA) is 101 Å². The first-order valence-electron chi connectivity index (χ1n) is 11.9. The van der Waals surface area contributed by atoms with Crippen LogP contribution in [0.4, 0.5) is 0 Å².